The molecular formula is C7H12ClN3S. The first-order valence-corrected chi connectivity index (χ1v) is 5.50. The van der Waals surface area contributed by atoms with E-state index < -0.39 is 0 Å². The van der Waals surface area contributed by atoms with Crippen LogP contribution in [-0.4, -0.2) is 26.4 Å². The number of hydrogen-bond acceptors (Lipinski definition) is 3. The highest BCUT2D eigenvalue weighted by molar-refractivity contribution is 7.98. The molecule has 5 heteroatoms. The Morgan fingerprint density at radius 3 is 3.08 bits per heavy atom. The number of nitrogens with zero attached hydrogens (tertiary/aromatic N) is 3. The minimum absolute atomic E-state index is 0.742. The van der Waals surface area contributed by atoms with Crippen LogP contribution >= 0.6 is 23.4 Å². The molecule has 3 nitrogen and oxygen atoms in total. The van der Waals surface area contributed by atoms with Crippen molar-refractivity contribution in [3.8, 4) is 0 Å². The van der Waals surface area contributed by atoms with E-state index in [0.717, 1.165) is 29.6 Å². The van der Waals surface area contributed by atoms with Crippen molar-refractivity contribution in [2.75, 3.05) is 11.6 Å². The molecule has 0 N–H and O–H groups in total. The first kappa shape index (κ1) is 9.86. The third-order valence-corrected chi connectivity index (χ3v) is 2.77. The van der Waals surface area contributed by atoms with Gasteiger partial charge in [0.1, 0.15) is 12.2 Å². The summed E-state index contributed by atoms with van der Waals surface area (Å²) in [6.07, 6.45) is 2.64. The summed E-state index contributed by atoms with van der Waals surface area (Å²) in [6, 6.07) is 0. The van der Waals surface area contributed by atoms with Gasteiger partial charge in [0, 0.05) is 12.9 Å². The quantitative estimate of drug-likeness (QED) is 0.542. The van der Waals surface area contributed by atoms with E-state index in [9.17, 15) is 0 Å². The third kappa shape index (κ3) is 3.03. The maximum Gasteiger partial charge on any atom is 0.138 e. The lowest BCUT2D eigenvalue weighted by Crippen LogP contribution is -1.97. The van der Waals surface area contributed by atoms with E-state index in [2.05, 4.69) is 10.1 Å². The van der Waals surface area contributed by atoms with Gasteiger partial charge in [0.25, 0.3) is 0 Å². The Morgan fingerprint density at radius 2 is 2.50 bits per heavy atom. The summed E-state index contributed by atoms with van der Waals surface area (Å²) in [5.41, 5.74) is 0. The minimum atomic E-state index is 0.742. The molecule has 0 atom stereocenters. The lowest BCUT2D eigenvalue weighted by molar-refractivity contribution is 0.730. The van der Waals surface area contributed by atoms with Crippen LogP contribution in [0.1, 0.15) is 12.2 Å². The van der Waals surface area contributed by atoms with Crippen molar-refractivity contribution in [1.82, 2.24) is 14.8 Å². The van der Waals surface area contributed by atoms with Gasteiger partial charge in [-0.25, -0.2) is 4.98 Å². The van der Waals surface area contributed by atoms with E-state index in [-0.39, 0.29) is 0 Å². The van der Waals surface area contributed by atoms with Gasteiger partial charge in [0.2, 0.25) is 0 Å². The van der Waals surface area contributed by atoms with Crippen LogP contribution < -0.4 is 0 Å². The molecule has 0 amide bonds. The van der Waals surface area contributed by atoms with Gasteiger partial charge in [-0.3, -0.25) is 4.68 Å². The van der Waals surface area contributed by atoms with Gasteiger partial charge in [-0.05, 0) is 12.2 Å². The fourth-order valence-corrected chi connectivity index (χ4v) is 2.00. The summed E-state index contributed by atoms with van der Waals surface area (Å²) < 4.78 is 1.80. The minimum Gasteiger partial charge on any atom is -0.252 e. The van der Waals surface area contributed by atoms with Gasteiger partial charge in [0.15, 0.2) is 0 Å². The zero-order valence-corrected chi connectivity index (χ0v) is 8.61. The molecule has 1 aromatic rings. The molecule has 0 aliphatic carbocycles. The second kappa shape index (κ2) is 5.43. The summed E-state index contributed by atoms with van der Waals surface area (Å²) in [6.45, 7) is 0. The van der Waals surface area contributed by atoms with E-state index in [1.54, 1.807) is 11.0 Å². The summed E-state index contributed by atoms with van der Waals surface area (Å²) in [5.74, 6) is 3.78. The van der Waals surface area contributed by atoms with E-state index in [1.165, 1.54) is 0 Å². The van der Waals surface area contributed by atoms with E-state index in [1.807, 2.05) is 18.8 Å². The van der Waals surface area contributed by atoms with Gasteiger partial charge in [-0.15, -0.1) is 11.6 Å². The molecule has 0 aliphatic heterocycles. The van der Waals surface area contributed by atoms with Crippen LogP contribution in [0.2, 0.25) is 0 Å². The molecule has 1 rings (SSSR count). The number of aromatic nitrogens is 3. The standard InChI is InChI=1S/C7H12ClN3S/c1-11-7(9-6-10-11)5-12-4-2-3-8/h6H,2-5H2,1H3. The van der Waals surface area contributed by atoms with Crippen molar-refractivity contribution in [1.29, 1.82) is 0 Å². The molecule has 1 heterocycles. The predicted molar refractivity (Wildman–Crippen MR) is 52.5 cm³/mol. The van der Waals surface area contributed by atoms with Gasteiger partial charge in [-0.1, -0.05) is 0 Å². The molecule has 0 spiro atoms. The smallest absolute Gasteiger partial charge is 0.138 e. The van der Waals surface area contributed by atoms with Crippen LogP contribution in [0.4, 0.5) is 0 Å². The highest BCUT2D eigenvalue weighted by atomic mass is 35.5. The summed E-state index contributed by atoms with van der Waals surface area (Å²) in [4.78, 5) is 4.11. The summed E-state index contributed by atoms with van der Waals surface area (Å²) in [7, 11) is 1.91. The van der Waals surface area contributed by atoms with E-state index in [0.29, 0.717) is 0 Å². The highest BCUT2D eigenvalue weighted by Gasteiger charge is 1.98. The van der Waals surface area contributed by atoms with Gasteiger partial charge in [0.05, 0.1) is 5.75 Å². The fourth-order valence-electron chi connectivity index (χ4n) is 0.771. The third-order valence-electron chi connectivity index (χ3n) is 1.46. The van der Waals surface area contributed by atoms with Crippen LogP contribution in [0.5, 0.6) is 0 Å². The van der Waals surface area contributed by atoms with Crippen LogP contribution in [0.15, 0.2) is 6.33 Å². The van der Waals surface area contributed by atoms with Gasteiger partial charge < -0.3 is 0 Å². The van der Waals surface area contributed by atoms with Crippen molar-refractivity contribution in [2.45, 2.75) is 12.2 Å². The molecule has 12 heavy (non-hydrogen) atoms. The zero-order chi connectivity index (χ0) is 8.81. The Hall–Kier alpha value is -0.220. The SMILES string of the molecule is Cn1ncnc1CSCCCCl. The summed E-state index contributed by atoms with van der Waals surface area (Å²) in [5, 5.41) is 3.98. The van der Waals surface area contributed by atoms with Crippen molar-refractivity contribution in [3.63, 3.8) is 0 Å². The molecule has 1 aromatic heterocycles. The number of hydrogen-bond donors (Lipinski definition) is 0. The number of halogens is 1. The zero-order valence-electron chi connectivity index (χ0n) is 7.03. The topological polar surface area (TPSA) is 30.7 Å². The molecule has 0 bridgehead atoms. The Balaban J connectivity index is 2.20. The van der Waals surface area contributed by atoms with Crippen LogP contribution in [0.3, 0.4) is 0 Å². The maximum atomic E-state index is 5.55. The first-order valence-electron chi connectivity index (χ1n) is 3.81. The summed E-state index contributed by atoms with van der Waals surface area (Å²) >= 11 is 7.39. The number of alkyl halides is 1. The van der Waals surface area contributed by atoms with Crippen molar-refractivity contribution < 1.29 is 0 Å². The van der Waals surface area contributed by atoms with Gasteiger partial charge >= 0.3 is 0 Å². The van der Waals surface area contributed by atoms with Gasteiger partial charge in [-0.2, -0.15) is 16.9 Å². The Kier molecular flexibility index (Phi) is 4.46. The largest absolute Gasteiger partial charge is 0.252 e. The highest BCUT2D eigenvalue weighted by Crippen LogP contribution is 2.09. The molecular weight excluding hydrogens is 194 g/mol. The number of rotatable bonds is 5. The van der Waals surface area contributed by atoms with Crippen molar-refractivity contribution in [2.24, 2.45) is 7.05 Å². The normalized spacial score (nSPS) is 10.5. The lowest BCUT2D eigenvalue weighted by Gasteiger charge is -1.98. The fraction of sp³-hybridized carbons (Fsp3) is 0.714. The van der Waals surface area contributed by atoms with Crippen LogP contribution in [0, 0.1) is 0 Å². The monoisotopic (exact) mass is 205 g/mol. The molecule has 0 saturated heterocycles. The molecule has 0 unspecified atom stereocenters. The van der Waals surface area contributed by atoms with Crippen molar-refractivity contribution in [3.05, 3.63) is 12.2 Å². The molecule has 0 aromatic carbocycles. The van der Waals surface area contributed by atoms with E-state index >= 15 is 0 Å². The van der Waals surface area contributed by atoms with Crippen LogP contribution in [-0.2, 0) is 12.8 Å². The second-order valence-electron chi connectivity index (χ2n) is 2.39. The molecule has 0 fully saturated rings. The number of aryl methyl sites for hydroxylation is 1. The number of thioether (sulfide) groups is 1. The molecule has 0 saturated carbocycles. The van der Waals surface area contributed by atoms with Crippen molar-refractivity contribution >= 4 is 23.4 Å². The average molecular weight is 206 g/mol. The Morgan fingerprint density at radius 1 is 1.67 bits per heavy atom. The lowest BCUT2D eigenvalue weighted by atomic mass is 10.6. The second-order valence-corrected chi connectivity index (χ2v) is 3.88. The first-order chi connectivity index (χ1) is 5.84. The van der Waals surface area contributed by atoms with Crippen LogP contribution in [0.25, 0.3) is 0 Å². The average Bonchev–Trinajstić information content (AvgIpc) is 2.46. The maximum absolute atomic E-state index is 5.55. The molecule has 0 aliphatic rings. The Labute approximate surface area is 81.5 Å². The predicted octanol–water partition coefficient (Wildman–Crippen LogP) is 1.68. The molecule has 68 valence electrons. The Bertz CT molecular complexity index is 226. The molecule has 0 radical (unpaired) electrons. The van der Waals surface area contributed by atoms with E-state index in [4.69, 9.17) is 11.6 Å².